The molecule has 1 heterocycles. The van der Waals surface area contributed by atoms with Gasteiger partial charge in [-0.2, -0.15) is 0 Å². The Kier molecular flexibility index (Phi) is 3.85. The Balaban J connectivity index is 1.98. The standard InChI is InChI=1S/C18H15NO4/c1-11-7-8-15-12(9-11)14(20)10-17(23-15)18(21)19-13-5-3-4-6-16(13)22-2/h3-10H,1-2H3,(H,19,21). The molecule has 0 spiro atoms. The van der Waals surface area contributed by atoms with Crippen LogP contribution in [0.2, 0.25) is 0 Å². The van der Waals surface area contributed by atoms with Crippen LogP contribution in [0, 0.1) is 6.92 Å². The normalized spacial score (nSPS) is 10.5. The van der Waals surface area contributed by atoms with Crippen LogP contribution in [0.4, 0.5) is 5.69 Å². The third-order valence-corrected chi connectivity index (χ3v) is 3.46. The van der Waals surface area contributed by atoms with Crippen molar-refractivity contribution in [2.45, 2.75) is 6.92 Å². The third-order valence-electron chi connectivity index (χ3n) is 3.46. The van der Waals surface area contributed by atoms with Crippen LogP contribution in [0.15, 0.2) is 57.7 Å². The number of para-hydroxylation sites is 2. The van der Waals surface area contributed by atoms with Crippen LogP contribution >= 0.6 is 0 Å². The van der Waals surface area contributed by atoms with Gasteiger partial charge in [0, 0.05) is 6.07 Å². The summed E-state index contributed by atoms with van der Waals surface area (Å²) in [5.41, 5.74) is 1.59. The molecule has 0 aliphatic heterocycles. The number of rotatable bonds is 3. The number of ether oxygens (including phenoxy) is 1. The lowest BCUT2D eigenvalue weighted by molar-refractivity contribution is 0.0997. The van der Waals surface area contributed by atoms with E-state index in [0.717, 1.165) is 5.56 Å². The van der Waals surface area contributed by atoms with Crippen molar-refractivity contribution >= 4 is 22.6 Å². The molecule has 0 saturated heterocycles. The first-order chi connectivity index (χ1) is 11.1. The maximum Gasteiger partial charge on any atom is 0.291 e. The van der Waals surface area contributed by atoms with Crippen molar-refractivity contribution in [1.82, 2.24) is 0 Å². The number of anilines is 1. The molecular formula is C18H15NO4. The number of carbonyl (C=O) groups is 1. The highest BCUT2D eigenvalue weighted by Crippen LogP contribution is 2.24. The summed E-state index contributed by atoms with van der Waals surface area (Å²) in [6, 6.07) is 13.5. The van der Waals surface area contributed by atoms with Crippen molar-refractivity contribution in [3.8, 4) is 5.75 Å². The van der Waals surface area contributed by atoms with E-state index < -0.39 is 5.91 Å². The van der Waals surface area contributed by atoms with Gasteiger partial charge in [-0.05, 0) is 31.2 Å². The lowest BCUT2D eigenvalue weighted by Crippen LogP contribution is -2.15. The molecule has 3 aromatic rings. The average molecular weight is 309 g/mol. The fourth-order valence-electron chi connectivity index (χ4n) is 2.31. The topological polar surface area (TPSA) is 68.5 Å². The SMILES string of the molecule is COc1ccccc1NC(=O)c1cc(=O)c2cc(C)ccc2o1. The van der Waals surface area contributed by atoms with Crippen LogP contribution < -0.4 is 15.5 Å². The summed E-state index contributed by atoms with van der Waals surface area (Å²) in [5.74, 6) is -0.0223. The zero-order valence-electron chi connectivity index (χ0n) is 12.8. The minimum Gasteiger partial charge on any atom is -0.495 e. The molecule has 3 rings (SSSR count). The lowest BCUT2D eigenvalue weighted by atomic mass is 10.1. The van der Waals surface area contributed by atoms with Crippen LogP contribution in [0.1, 0.15) is 16.1 Å². The quantitative estimate of drug-likeness (QED) is 0.805. The minimum atomic E-state index is -0.505. The number of fused-ring (bicyclic) bond motifs is 1. The Morgan fingerprint density at radius 2 is 1.91 bits per heavy atom. The zero-order valence-corrected chi connectivity index (χ0v) is 12.8. The maximum atomic E-state index is 12.3. The number of hydrogen-bond donors (Lipinski definition) is 1. The fourth-order valence-corrected chi connectivity index (χ4v) is 2.31. The first kappa shape index (κ1) is 14.8. The van der Waals surface area contributed by atoms with Crippen molar-refractivity contribution < 1.29 is 13.9 Å². The molecule has 0 aliphatic rings. The molecule has 1 aromatic heterocycles. The molecule has 1 N–H and O–H groups in total. The highest BCUT2D eigenvalue weighted by molar-refractivity contribution is 6.03. The Morgan fingerprint density at radius 1 is 1.13 bits per heavy atom. The van der Waals surface area contributed by atoms with Crippen LogP contribution in [0.3, 0.4) is 0 Å². The van der Waals surface area contributed by atoms with E-state index in [1.165, 1.54) is 13.2 Å². The van der Waals surface area contributed by atoms with Crippen LogP contribution in [-0.2, 0) is 0 Å². The number of carbonyl (C=O) groups excluding carboxylic acids is 1. The number of benzene rings is 2. The third kappa shape index (κ3) is 2.94. The summed E-state index contributed by atoms with van der Waals surface area (Å²) in [5, 5.41) is 3.14. The van der Waals surface area contributed by atoms with Gasteiger partial charge >= 0.3 is 0 Å². The summed E-state index contributed by atoms with van der Waals surface area (Å²) in [6.45, 7) is 1.89. The Labute approximate surface area is 132 Å². The van der Waals surface area contributed by atoms with Crippen molar-refractivity contribution in [2.24, 2.45) is 0 Å². The molecular weight excluding hydrogens is 294 g/mol. The van der Waals surface area contributed by atoms with E-state index in [1.54, 1.807) is 36.4 Å². The van der Waals surface area contributed by atoms with Crippen LogP contribution in [0.25, 0.3) is 11.0 Å². The van der Waals surface area contributed by atoms with Gasteiger partial charge in [-0.1, -0.05) is 23.8 Å². The van der Waals surface area contributed by atoms with Gasteiger partial charge in [0.1, 0.15) is 11.3 Å². The molecule has 0 saturated carbocycles. The predicted molar refractivity (Wildman–Crippen MR) is 88.2 cm³/mol. The number of methoxy groups -OCH3 is 1. The van der Waals surface area contributed by atoms with Crippen molar-refractivity contribution in [3.05, 3.63) is 70.1 Å². The van der Waals surface area contributed by atoms with Gasteiger partial charge in [0.25, 0.3) is 5.91 Å². The first-order valence-corrected chi connectivity index (χ1v) is 7.07. The van der Waals surface area contributed by atoms with Gasteiger partial charge in [-0.3, -0.25) is 9.59 Å². The Bertz CT molecular complexity index is 943. The molecule has 0 fully saturated rings. The maximum absolute atomic E-state index is 12.3. The molecule has 5 nitrogen and oxygen atoms in total. The largest absolute Gasteiger partial charge is 0.495 e. The highest BCUT2D eigenvalue weighted by Gasteiger charge is 2.14. The monoisotopic (exact) mass is 309 g/mol. The zero-order chi connectivity index (χ0) is 16.4. The number of aryl methyl sites for hydroxylation is 1. The summed E-state index contributed by atoms with van der Waals surface area (Å²) < 4.78 is 10.7. The van der Waals surface area contributed by atoms with E-state index in [1.807, 2.05) is 13.0 Å². The molecule has 2 aromatic carbocycles. The van der Waals surface area contributed by atoms with E-state index >= 15 is 0 Å². The number of nitrogens with one attached hydrogen (secondary N) is 1. The molecule has 5 heteroatoms. The van der Waals surface area contributed by atoms with Gasteiger partial charge in [-0.25, -0.2) is 0 Å². The van der Waals surface area contributed by atoms with E-state index in [9.17, 15) is 9.59 Å². The van der Waals surface area contributed by atoms with Gasteiger partial charge in [-0.15, -0.1) is 0 Å². The van der Waals surface area contributed by atoms with E-state index in [-0.39, 0.29) is 11.2 Å². The van der Waals surface area contributed by atoms with Crippen LogP contribution in [0.5, 0.6) is 5.75 Å². The van der Waals surface area contributed by atoms with Crippen molar-refractivity contribution in [3.63, 3.8) is 0 Å². The predicted octanol–water partition coefficient (Wildman–Crippen LogP) is 3.36. The van der Waals surface area contributed by atoms with Gasteiger partial charge < -0.3 is 14.5 Å². The lowest BCUT2D eigenvalue weighted by Gasteiger charge is -2.09. The molecule has 0 atom stereocenters. The molecule has 23 heavy (non-hydrogen) atoms. The first-order valence-electron chi connectivity index (χ1n) is 7.07. The molecule has 0 bridgehead atoms. The van der Waals surface area contributed by atoms with Crippen molar-refractivity contribution in [1.29, 1.82) is 0 Å². The Morgan fingerprint density at radius 3 is 2.70 bits per heavy atom. The van der Waals surface area contributed by atoms with E-state index in [2.05, 4.69) is 5.32 Å². The van der Waals surface area contributed by atoms with Crippen molar-refractivity contribution in [2.75, 3.05) is 12.4 Å². The minimum absolute atomic E-state index is 0.0442. The van der Waals surface area contributed by atoms with Gasteiger partial charge in [0.05, 0.1) is 18.2 Å². The van der Waals surface area contributed by atoms with Crippen LogP contribution in [-0.4, -0.2) is 13.0 Å². The molecule has 0 unspecified atom stereocenters. The van der Waals surface area contributed by atoms with E-state index in [0.29, 0.717) is 22.4 Å². The summed E-state index contributed by atoms with van der Waals surface area (Å²) >= 11 is 0. The molecule has 0 aliphatic carbocycles. The highest BCUT2D eigenvalue weighted by atomic mass is 16.5. The molecule has 1 amide bonds. The summed E-state index contributed by atoms with van der Waals surface area (Å²) in [7, 11) is 1.52. The summed E-state index contributed by atoms with van der Waals surface area (Å²) in [6.07, 6.45) is 0. The fraction of sp³-hybridized carbons (Fsp3) is 0.111. The smallest absolute Gasteiger partial charge is 0.291 e. The van der Waals surface area contributed by atoms with Gasteiger partial charge in [0.2, 0.25) is 0 Å². The molecule has 0 radical (unpaired) electrons. The second-order valence-corrected chi connectivity index (χ2v) is 5.13. The second kappa shape index (κ2) is 5.96. The summed E-state index contributed by atoms with van der Waals surface area (Å²) in [4.78, 5) is 24.5. The van der Waals surface area contributed by atoms with E-state index in [4.69, 9.17) is 9.15 Å². The Hall–Kier alpha value is -3.08. The average Bonchev–Trinajstić information content (AvgIpc) is 2.55. The number of hydrogen-bond acceptors (Lipinski definition) is 4. The molecule has 116 valence electrons. The van der Waals surface area contributed by atoms with Gasteiger partial charge in [0.15, 0.2) is 11.2 Å². The second-order valence-electron chi connectivity index (χ2n) is 5.13. The number of amides is 1.